The van der Waals surface area contributed by atoms with E-state index >= 15 is 0 Å². The molecule has 0 aliphatic rings. The summed E-state index contributed by atoms with van der Waals surface area (Å²) >= 11 is 6.17. The highest BCUT2D eigenvalue weighted by atomic mass is 35.5. The first-order valence-electron chi connectivity index (χ1n) is 9.20. The van der Waals surface area contributed by atoms with Crippen molar-refractivity contribution in [1.29, 1.82) is 0 Å². The maximum atomic E-state index is 13.3. The van der Waals surface area contributed by atoms with Crippen molar-refractivity contribution in [3.05, 3.63) is 82.4 Å². The molecular weight excluding hydrogens is 409 g/mol. The number of anilines is 1. The summed E-state index contributed by atoms with van der Waals surface area (Å²) in [5.41, 5.74) is 3.15. The van der Waals surface area contributed by atoms with Crippen LogP contribution in [-0.2, 0) is 13.2 Å². The van der Waals surface area contributed by atoms with Crippen molar-refractivity contribution in [3.8, 4) is 0 Å². The van der Waals surface area contributed by atoms with Crippen LogP contribution in [-0.4, -0.2) is 35.2 Å². The van der Waals surface area contributed by atoms with Gasteiger partial charge >= 0.3 is 0 Å². The lowest BCUT2D eigenvalue weighted by Crippen LogP contribution is -2.15. The number of halogens is 2. The second kappa shape index (κ2) is 8.11. The highest BCUT2D eigenvalue weighted by molar-refractivity contribution is 6.31. The monoisotopic (exact) mass is 427 g/mol. The van der Waals surface area contributed by atoms with Gasteiger partial charge in [0.1, 0.15) is 12.5 Å². The number of rotatable bonds is 6. The SMILES string of the molecule is Cc1nn(Cn2ccc(C(=O)Nc3cnn(Cc4cccc(F)c4)c3)n2)c(C)c1Cl. The molecular formula is C20H19ClFN7O. The van der Waals surface area contributed by atoms with Gasteiger partial charge in [0, 0.05) is 12.4 Å². The van der Waals surface area contributed by atoms with Crippen LogP contribution in [0.3, 0.4) is 0 Å². The Balaban J connectivity index is 1.40. The van der Waals surface area contributed by atoms with E-state index < -0.39 is 0 Å². The fourth-order valence-corrected chi connectivity index (χ4v) is 3.18. The summed E-state index contributed by atoms with van der Waals surface area (Å²) in [5.74, 6) is -0.656. The average molecular weight is 428 g/mol. The van der Waals surface area contributed by atoms with Crippen LogP contribution in [0.15, 0.2) is 48.9 Å². The topological polar surface area (TPSA) is 82.6 Å². The van der Waals surface area contributed by atoms with E-state index in [4.69, 9.17) is 11.6 Å². The summed E-state index contributed by atoms with van der Waals surface area (Å²) in [7, 11) is 0. The Morgan fingerprint density at radius 2 is 2.03 bits per heavy atom. The van der Waals surface area contributed by atoms with Gasteiger partial charge in [-0.05, 0) is 37.6 Å². The Morgan fingerprint density at radius 3 is 2.77 bits per heavy atom. The summed E-state index contributed by atoms with van der Waals surface area (Å²) in [6, 6.07) is 7.92. The van der Waals surface area contributed by atoms with Crippen molar-refractivity contribution < 1.29 is 9.18 Å². The van der Waals surface area contributed by atoms with Crippen LogP contribution in [0.5, 0.6) is 0 Å². The second-order valence-electron chi connectivity index (χ2n) is 6.88. The summed E-state index contributed by atoms with van der Waals surface area (Å²) in [5, 5.41) is 16.2. The van der Waals surface area contributed by atoms with Gasteiger partial charge in [0.15, 0.2) is 5.69 Å². The second-order valence-corrected chi connectivity index (χ2v) is 7.25. The van der Waals surface area contributed by atoms with E-state index in [9.17, 15) is 9.18 Å². The molecule has 0 spiro atoms. The first-order chi connectivity index (χ1) is 14.4. The maximum Gasteiger partial charge on any atom is 0.276 e. The van der Waals surface area contributed by atoms with Gasteiger partial charge in [-0.2, -0.15) is 15.3 Å². The Morgan fingerprint density at radius 1 is 1.20 bits per heavy atom. The highest BCUT2D eigenvalue weighted by Crippen LogP contribution is 2.19. The molecule has 0 unspecified atom stereocenters. The van der Waals surface area contributed by atoms with Crippen molar-refractivity contribution >= 4 is 23.2 Å². The maximum absolute atomic E-state index is 13.3. The van der Waals surface area contributed by atoms with Gasteiger partial charge in [0.2, 0.25) is 0 Å². The summed E-state index contributed by atoms with van der Waals surface area (Å²) < 4.78 is 18.3. The fourth-order valence-electron chi connectivity index (χ4n) is 3.04. The molecule has 0 fully saturated rings. The van der Waals surface area contributed by atoms with Crippen LogP contribution in [0, 0.1) is 19.7 Å². The predicted molar refractivity (Wildman–Crippen MR) is 110 cm³/mol. The van der Waals surface area contributed by atoms with Crippen molar-refractivity contribution in [2.75, 3.05) is 5.32 Å². The van der Waals surface area contributed by atoms with E-state index in [-0.39, 0.29) is 17.4 Å². The normalized spacial score (nSPS) is 11.1. The number of nitrogens with one attached hydrogen (secondary N) is 1. The van der Waals surface area contributed by atoms with Gasteiger partial charge in [-0.1, -0.05) is 23.7 Å². The fraction of sp³-hybridized carbons (Fsp3) is 0.200. The van der Waals surface area contributed by atoms with Gasteiger partial charge < -0.3 is 5.32 Å². The van der Waals surface area contributed by atoms with Gasteiger partial charge in [0.25, 0.3) is 5.91 Å². The van der Waals surface area contributed by atoms with Crippen molar-refractivity contribution in [2.24, 2.45) is 0 Å². The molecule has 0 bridgehead atoms. The predicted octanol–water partition coefficient (Wildman–Crippen LogP) is 3.49. The van der Waals surface area contributed by atoms with E-state index in [1.165, 1.54) is 18.3 Å². The molecule has 4 aromatic rings. The Hall–Kier alpha value is -3.46. The number of carbonyl (C=O) groups is 1. The first-order valence-corrected chi connectivity index (χ1v) is 9.58. The molecule has 0 atom stereocenters. The number of hydrogen-bond donors (Lipinski definition) is 1. The molecule has 8 nitrogen and oxygen atoms in total. The molecule has 1 amide bonds. The molecule has 30 heavy (non-hydrogen) atoms. The zero-order valence-electron chi connectivity index (χ0n) is 16.4. The third kappa shape index (κ3) is 4.25. The Kier molecular flexibility index (Phi) is 5.37. The standard InChI is InChI=1S/C20H19ClFN7O/c1-13-19(21)14(2)29(25-13)12-27-7-6-18(26-27)20(30)24-17-9-23-28(11-17)10-15-4-3-5-16(22)8-15/h3-9,11H,10,12H2,1-2H3,(H,24,30). The smallest absolute Gasteiger partial charge is 0.276 e. The van der Waals surface area contributed by atoms with Crippen LogP contribution in [0.4, 0.5) is 10.1 Å². The molecule has 0 saturated carbocycles. The molecule has 1 aromatic carbocycles. The number of hydrogen-bond acceptors (Lipinski definition) is 4. The van der Waals surface area contributed by atoms with Gasteiger partial charge in [-0.3, -0.25) is 14.2 Å². The van der Waals surface area contributed by atoms with Crippen molar-refractivity contribution in [3.63, 3.8) is 0 Å². The van der Waals surface area contributed by atoms with Gasteiger partial charge in [-0.15, -0.1) is 0 Å². The molecule has 154 valence electrons. The minimum absolute atomic E-state index is 0.264. The molecule has 4 rings (SSSR count). The van der Waals surface area contributed by atoms with Crippen LogP contribution in [0.1, 0.15) is 27.4 Å². The number of aromatic nitrogens is 6. The molecule has 0 radical (unpaired) electrons. The average Bonchev–Trinajstić information content (AvgIpc) is 3.40. The lowest BCUT2D eigenvalue weighted by Gasteiger charge is -2.04. The van der Waals surface area contributed by atoms with Crippen LogP contribution >= 0.6 is 11.6 Å². The van der Waals surface area contributed by atoms with E-state index in [1.807, 2.05) is 19.9 Å². The molecule has 10 heteroatoms. The number of benzene rings is 1. The third-order valence-electron chi connectivity index (χ3n) is 4.57. The van der Waals surface area contributed by atoms with Crippen molar-refractivity contribution in [2.45, 2.75) is 27.1 Å². The van der Waals surface area contributed by atoms with Crippen LogP contribution < -0.4 is 5.32 Å². The zero-order valence-corrected chi connectivity index (χ0v) is 17.1. The zero-order chi connectivity index (χ0) is 21.3. The summed E-state index contributed by atoms with van der Waals surface area (Å²) in [6.07, 6.45) is 4.91. The Labute approximate surface area is 176 Å². The molecule has 0 aliphatic heterocycles. The molecule has 0 aliphatic carbocycles. The van der Waals surface area contributed by atoms with Gasteiger partial charge in [0.05, 0.1) is 34.8 Å². The summed E-state index contributed by atoms with van der Waals surface area (Å²) in [4.78, 5) is 12.5. The van der Waals surface area contributed by atoms with Gasteiger partial charge in [-0.25, -0.2) is 9.07 Å². The Bertz CT molecular complexity index is 1210. The summed E-state index contributed by atoms with van der Waals surface area (Å²) in [6.45, 7) is 4.45. The molecule has 3 heterocycles. The third-order valence-corrected chi connectivity index (χ3v) is 5.12. The number of aryl methyl sites for hydroxylation is 1. The lowest BCUT2D eigenvalue weighted by molar-refractivity contribution is 0.102. The molecule has 1 N–H and O–H groups in total. The minimum atomic E-state index is -0.356. The number of amides is 1. The van der Waals surface area contributed by atoms with Crippen LogP contribution in [0.2, 0.25) is 5.02 Å². The highest BCUT2D eigenvalue weighted by Gasteiger charge is 2.13. The molecule has 0 saturated heterocycles. The largest absolute Gasteiger partial charge is 0.318 e. The van der Waals surface area contributed by atoms with Crippen LogP contribution in [0.25, 0.3) is 0 Å². The number of nitrogens with zero attached hydrogens (tertiary/aromatic N) is 6. The first kappa shape index (κ1) is 19.8. The quantitative estimate of drug-likeness (QED) is 0.510. The van der Waals surface area contributed by atoms with E-state index in [0.29, 0.717) is 23.9 Å². The minimum Gasteiger partial charge on any atom is -0.318 e. The van der Waals surface area contributed by atoms with E-state index in [0.717, 1.165) is 17.0 Å². The van der Waals surface area contributed by atoms with E-state index in [1.54, 1.807) is 38.6 Å². The van der Waals surface area contributed by atoms with E-state index in [2.05, 4.69) is 20.6 Å². The lowest BCUT2D eigenvalue weighted by atomic mass is 10.2. The number of carbonyl (C=O) groups excluding carboxylic acids is 1. The molecule has 3 aromatic heterocycles. The van der Waals surface area contributed by atoms with Crippen molar-refractivity contribution in [1.82, 2.24) is 29.3 Å².